The number of carbonyl (C=O) groups is 1. The SMILES string of the molecule is CCC(=CCN(CC)CC(C)(C)O)C(=O)O. The summed E-state index contributed by atoms with van der Waals surface area (Å²) < 4.78 is 0. The van der Waals surface area contributed by atoms with Gasteiger partial charge in [0, 0.05) is 18.7 Å². The van der Waals surface area contributed by atoms with E-state index in [0.717, 1.165) is 6.54 Å². The summed E-state index contributed by atoms with van der Waals surface area (Å²) in [6.45, 7) is 9.20. The minimum atomic E-state index is -0.859. The number of aliphatic hydroxyl groups is 1. The maximum atomic E-state index is 10.8. The molecule has 0 amide bonds. The number of nitrogens with zero attached hydrogens (tertiary/aromatic N) is 1. The summed E-state index contributed by atoms with van der Waals surface area (Å²) in [7, 11) is 0. The van der Waals surface area contributed by atoms with Gasteiger partial charge in [0.05, 0.1) is 5.60 Å². The molecule has 0 fully saturated rings. The van der Waals surface area contributed by atoms with E-state index in [1.807, 2.05) is 18.7 Å². The van der Waals surface area contributed by atoms with E-state index in [4.69, 9.17) is 5.11 Å². The van der Waals surface area contributed by atoms with Crippen molar-refractivity contribution in [2.24, 2.45) is 0 Å². The second-order valence-corrected chi connectivity index (χ2v) is 4.53. The molecular weight excluding hydrogens is 206 g/mol. The summed E-state index contributed by atoms with van der Waals surface area (Å²) in [6.07, 6.45) is 2.24. The molecule has 4 heteroatoms. The summed E-state index contributed by atoms with van der Waals surface area (Å²) in [4.78, 5) is 12.8. The molecule has 16 heavy (non-hydrogen) atoms. The van der Waals surface area contributed by atoms with Crippen LogP contribution in [0.3, 0.4) is 0 Å². The fraction of sp³-hybridized carbons (Fsp3) is 0.750. The van der Waals surface area contributed by atoms with E-state index in [1.54, 1.807) is 19.9 Å². The van der Waals surface area contributed by atoms with E-state index >= 15 is 0 Å². The zero-order valence-corrected chi connectivity index (χ0v) is 10.7. The molecule has 0 aliphatic rings. The Kier molecular flexibility index (Phi) is 6.29. The second-order valence-electron chi connectivity index (χ2n) is 4.53. The molecule has 0 radical (unpaired) electrons. The van der Waals surface area contributed by atoms with Gasteiger partial charge in [0.25, 0.3) is 0 Å². The molecule has 0 spiro atoms. The van der Waals surface area contributed by atoms with Crippen molar-refractivity contribution in [3.05, 3.63) is 11.6 Å². The summed E-state index contributed by atoms with van der Waals surface area (Å²) >= 11 is 0. The van der Waals surface area contributed by atoms with Crippen LogP contribution in [-0.2, 0) is 4.79 Å². The lowest BCUT2D eigenvalue weighted by molar-refractivity contribution is -0.132. The Morgan fingerprint density at radius 2 is 1.94 bits per heavy atom. The summed E-state index contributed by atoms with van der Waals surface area (Å²) in [5, 5.41) is 18.5. The molecule has 94 valence electrons. The van der Waals surface area contributed by atoms with Crippen LogP contribution in [0.25, 0.3) is 0 Å². The van der Waals surface area contributed by atoms with Gasteiger partial charge < -0.3 is 10.2 Å². The maximum absolute atomic E-state index is 10.8. The number of aliphatic carboxylic acids is 1. The maximum Gasteiger partial charge on any atom is 0.331 e. The lowest BCUT2D eigenvalue weighted by atomic mass is 10.1. The summed E-state index contributed by atoms with van der Waals surface area (Å²) in [5.74, 6) is -0.859. The fourth-order valence-corrected chi connectivity index (χ4v) is 1.47. The van der Waals surface area contributed by atoms with Gasteiger partial charge in [-0.05, 0) is 26.8 Å². The van der Waals surface area contributed by atoms with Crippen molar-refractivity contribution in [1.29, 1.82) is 0 Å². The normalized spacial score (nSPS) is 13.2. The van der Waals surface area contributed by atoms with Crippen LogP contribution < -0.4 is 0 Å². The highest BCUT2D eigenvalue weighted by atomic mass is 16.4. The third-order valence-corrected chi connectivity index (χ3v) is 2.31. The van der Waals surface area contributed by atoms with Gasteiger partial charge in [0.15, 0.2) is 0 Å². The number of hydrogen-bond donors (Lipinski definition) is 2. The van der Waals surface area contributed by atoms with Crippen LogP contribution in [0.15, 0.2) is 11.6 Å². The highest BCUT2D eigenvalue weighted by Crippen LogP contribution is 2.06. The highest BCUT2D eigenvalue weighted by molar-refractivity contribution is 5.86. The van der Waals surface area contributed by atoms with Gasteiger partial charge in [-0.25, -0.2) is 4.79 Å². The van der Waals surface area contributed by atoms with Crippen LogP contribution in [0, 0.1) is 0 Å². The molecule has 0 bridgehead atoms. The molecule has 0 atom stereocenters. The molecule has 2 N–H and O–H groups in total. The predicted molar refractivity (Wildman–Crippen MR) is 64.4 cm³/mol. The molecule has 0 aromatic heterocycles. The lowest BCUT2D eigenvalue weighted by Crippen LogP contribution is -2.38. The first-order chi connectivity index (χ1) is 7.30. The first-order valence-electron chi connectivity index (χ1n) is 5.67. The zero-order valence-electron chi connectivity index (χ0n) is 10.7. The molecule has 0 heterocycles. The summed E-state index contributed by atoms with van der Waals surface area (Å²) in [5.41, 5.74) is -0.325. The Bertz CT molecular complexity index is 253. The van der Waals surface area contributed by atoms with Crippen LogP contribution in [0.2, 0.25) is 0 Å². The molecule has 0 saturated heterocycles. The standard InChI is InChI=1S/C12H23NO3/c1-5-10(11(14)15)7-8-13(6-2)9-12(3,4)16/h7,16H,5-6,8-9H2,1-4H3,(H,14,15). The van der Waals surface area contributed by atoms with Gasteiger partial charge in [-0.1, -0.05) is 19.9 Å². The van der Waals surface area contributed by atoms with E-state index < -0.39 is 11.6 Å². The molecular formula is C12H23NO3. The first-order valence-corrected chi connectivity index (χ1v) is 5.67. The third kappa shape index (κ3) is 6.58. The van der Waals surface area contributed by atoms with E-state index in [0.29, 0.717) is 25.1 Å². The third-order valence-electron chi connectivity index (χ3n) is 2.31. The molecule has 0 aliphatic carbocycles. The average molecular weight is 229 g/mol. The van der Waals surface area contributed by atoms with Gasteiger partial charge in [-0.15, -0.1) is 0 Å². The number of carboxylic acid groups (broad SMARTS) is 1. The topological polar surface area (TPSA) is 60.8 Å². The van der Waals surface area contributed by atoms with Crippen molar-refractivity contribution in [3.8, 4) is 0 Å². The summed E-state index contributed by atoms with van der Waals surface area (Å²) in [6, 6.07) is 0. The van der Waals surface area contributed by atoms with Crippen LogP contribution in [0.5, 0.6) is 0 Å². The molecule has 0 saturated carbocycles. The van der Waals surface area contributed by atoms with Crippen LogP contribution in [0.4, 0.5) is 0 Å². The fourth-order valence-electron chi connectivity index (χ4n) is 1.47. The van der Waals surface area contributed by atoms with Crippen molar-refractivity contribution in [3.63, 3.8) is 0 Å². The van der Waals surface area contributed by atoms with Crippen LogP contribution in [0.1, 0.15) is 34.1 Å². The largest absolute Gasteiger partial charge is 0.478 e. The van der Waals surface area contributed by atoms with Crippen molar-refractivity contribution in [2.75, 3.05) is 19.6 Å². The second kappa shape index (κ2) is 6.66. The Morgan fingerprint density at radius 3 is 2.25 bits per heavy atom. The van der Waals surface area contributed by atoms with E-state index in [1.165, 1.54) is 0 Å². The molecule has 0 aromatic rings. The minimum Gasteiger partial charge on any atom is -0.478 e. The highest BCUT2D eigenvalue weighted by Gasteiger charge is 2.16. The Balaban J connectivity index is 4.38. The van der Waals surface area contributed by atoms with Gasteiger partial charge >= 0.3 is 5.97 Å². The Hall–Kier alpha value is -0.870. The zero-order chi connectivity index (χ0) is 12.8. The van der Waals surface area contributed by atoms with Crippen molar-refractivity contribution in [2.45, 2.75) is 39.7 Å². The number of likely N-dealkylation sites (N-methyl/N-ethyl adjacent to an activating group) is 1. The van der Waals surface area contributed by atoms with Gasteiger partial charge in [0.2, 0.25) is 0 Å². The Labute approximate surface area is 97.6 Å². The number of carboxylic acids is 1. The molecule has 0 aliphatic heterocycles. The molecule has 4 nitrogen and oxygen atoms in total. The van der Waals surface area contributed by atoms with Gasteiger partial charge in [-0.3, -0.25) is 4.90 Å². The molecule has 0 rings (SSSR count). The van der Waals surface area contributed by atoms with Gasteiger partial charge in [0.1, 0.15) is 0 Å². The van der Waals surface area contributed by atoms with Crippen molar-refractivity contribution < 1.29 is 15.0 Å². The lowest BCUT2D eigenvalue weighted by Gasteiger charge is -2.27. The molecule has 0 aromatic carbocycles. The monoisotopic (exact) mass is 229 g/mol. The van der Waals surface area contributed by atoms with E-state index in [-0.39, 0.29) is 0 Å². The first kappa shape index (κ1) is 15.1. The number of hydrogen-bond acceptors (Lipinski definition) is 3. The van der Waals surface area contributed by atoms with Crippen molar-refractivity contribution in [1.82, 2.24) is 4.90 Å². The van der Waals surface area contributed by atoms with Gasteiger partial charge in [-0.2, -0.15) is 0 Å². The Morgan fingerprint density at radius 1 is 1.38 bits per heavy atom. The minimum absolute atomic E-state index is 0.425. The number of rotatable bonds is 7. The van der Waals surface area contributed by atoms with E-state index in [9.17, 15) is 9.90 Å². The predicted octanol–water partition coefficient (Wildman–Crippen LogP) is 1.50. The van der Waals surface area contributed by atoms with Crippen LogP contribution >= 0.6 is 0 Å². The van der Waals surface area contributed by atoms with E-state index in [2.05, 4.69) is 0 Å². The smallest absolute Gasteiger partial charge is 0.331 e. The molecule has 0 unspecified atom stereocenters. The quantitative estimate of drug-likeness (QED) is 0.649. The van der Waals surface area contributed by atoms with Crippen LogP contribution in [-0.4, -0.2) is 46.3 Å². The average Bonchev–Trinajstić information content (AvgIpc) is 2.14. The van der Waals surface area contributed by atoms with Crippen molar-refractivity contribution >= 4 is 5.97 Å².